The number of carbonyl (C=O) groups excluding carboxylic acids is 1. The first-order valence-corrected chi connectivity index (χ1v) is 11.5. The van der Waals surface area contributed by atoms with E-state index in [2.05, 4.69) is 46.1 Å². The minimum atomic E-state index is -0.116. The molecular formula is C26H30N4O2. The molecule has 6 heteroatoms. The molecule has 5 rings (SSSR count). The van der Waals surface area contributed by atoms with Crippen LogP contribution in [0.25, 0.3) is 11.3 Å². The maximum Gasteiger partial charge on any atom is 0.255 e. The van der Waals surface area contributed by atoms with Crippen molar-refractivity contribution in [3.05, 3.63) is 66.2 Å². The van der Waals surface area contributed by atoms with E-state index < -0.39 is 0 Å². The molecule has 1 aromatic heterocycles. The number of carbonyl (C=O) groups is 1. The van der Waals surface area contributed by atoms with Gasteiger partial charge in [-0.2, -0.15) is 0 Å². The van der Waals surface area contributed by atoms with Crippen LogP contribution >= 0.6 is 0 Å². The van der Waals surface area contributed by atoms with Crippen molar-refractivity contribution in [3.8, 4) is 11.3 Å². The molecule has 6 nitrogen and oxygen atoms in total. The van der Waals surface area contributed by atoms with Crippen LogP contribution in [0.1, 0.15) is 42.1 Å². The lowest BCUT2D eigenvalue weighted by Gasteiger charge is -2.28. The van der Waals surface area contributed by atoms with Crippen molar-refractivity contribution in [1.82, 2.24) is 9.88 Å². The fraction of sp³-hybridized carbons (Fsp3) is 0.385. The number of likely N-dealkylation sites (tertiary alicyclic amines) is 1. The molecule has 2 aliphatic rings. The minimum absolute atomic E-state index is 0.116. The molecule has 0 spiro atoms. The van der Waals surface area contributed by atoms with E-state index in [1.165, 1.54) is 37.9 Å². The molecule has 166 valence electrons. The summed E-state index contributed by atoms with van der Waals surface area (Å²) in [4.78, 5) is 21.9. The molecule has 2 aromatic carbocycles. The largest absolute Gasteiger partial charge is 0.444 e. The predicted molar refractivity (Wildman–Crippen MR) is 127 cm³/mol. The zero-order valence-corrected chi connectivity index (χ0v) is 18.8. The van der Waals surface area contributed by atoms with Gasteiger partial charge in [-0.25, -0.2) is 4.98 Å². The Morgan fingerprint density at radius 3 is 2.66 bits per heavy atom. The van der Waals surface area contributed by atoms with Crippen LogP contribution in [0.2, 0.25) is 0 Å². The van der Waals surface area contributed by atoms with E-state index in [1.807, 2.05) is 18.2 Å². The van der Waals surface area contributed by atoms with E-state index in [4.69, 9.17) is 4.42 Å². The highest BCUT2D eigenvalue weighted by atomic mass is 16.3. The van der Waals surface area contributed by atoms with Crippen molar-refractivity contribution < 1.29 is 9.21 Å². The van der Waals surface area contributed by atoms with Crippen molar-refractivity contribution in [2.24, 2.45) is 0 Å². The number of hydrogen-bond acceptors (Lipinski definition) is 5. The number of rotatable bonds is 5. The van der Waals surface area contributed by atoms with Crippen LogP contribution in [-0.4, -0.2) is 47.5 Å². The second kappa shape index (κ2) is 8.79. The third-order valence-corrected chi connectivity index (χ3v) is 6.92. The number of oxazole rings is 1. The average Bonchev–Trinajstić information content (AvgIpc) is 3.57. The molecule has 3 heterocycles. The van der Waals surface area contributed by atoms with E-state index in [0.29, 0.717) is 23.4 Å². The molecule has 2 saturated heterocycles. The number of hydrogen-bond donors (Lipinski definition) is 1. The molecule has 0 aliphatic carbocycles. The summed E-state index contributed by atoms with van der Waals surface area (Å²) < 4.78 is 5.31. The molecule has 2 aliphatic heterocycles. The topological polar surface area (TPSA) is 61.6 Å². The predicted octanol–water partition coefficient (Wildman–Crippen LogP) is 4.97. The monoisotopic (exact) mass is 430 g/mol. The zero-order valence-electron chi connectivity index (χ0n) is 18.8. The number of aryl methyl sites for hydroxylation is 1. The number of amides is 1. The molecule has 2 atom stereocenters. The Labute approximate surface area is 189 Å². The van der Waals surface area contributed by atoms with Crippen molar-refractivity contribution in [2.75, 3.05) is 29.9 Å². The maximum atomic E-state index is 12.8. The number of nitrogens with zero attached hydrogens (tertiary/aromatic N) is 3. The van der Waals surface area contributed by atoms with Crippen LogP contribution in [0.4, 0.5) is 11.4 Å². The van der Waals surface area contributed by atoms with Gasteiger partial charge in [0.05, 0.1) is 6.20 Å². The molecule has 3 aromatic rings. The second-order valence-corrected chi connectivity index (χ2v) is 9.01. The summed E-state index contributed by atoms with van der Waals surface area (Å²) in [6.45, 7) is 7.84. The van der Waals surface area contributed by atoms with Crippen LogP contribution in [0.5, 0.6) is 0 Å². The van der Waals surface area contributed by atoms with Crippen molar-refractivity contribution in [2.45, 2.75) is 45.2 Å². The summed E-state index contributed by atoms with van der Waals surface area (Å²) in [7, 11) is 0. The Hall–Kier alpha value is -3.12. The number of nitrogens with one attached hydrogen (secondary N) is 1. The molecular weight excluding hydrogens is 400 g/mol. The first-order valence-electron chi connectivity index (χ1n) is 11.5. The SMILES string of the molecule is Cc1cc(N2CCC(N3CCCC3C)C2)ccc1NC(=O)c1ccc(-c2cnco2)cc1. The third kappa shape index (κ3) is 4.15. The smallest absolute Gasteiger partial charge is 0.255 e. The summed E-state index contributed by atoms with van der Waals surface area (Å²) in [6.07, 6.45) is 6.94. The first-order chi connectivity index (χ1) is 15.6. The van der Waals surface area contributed by atoms with Crippen LogP contribution in [-0.2, 0) is 0 Å². The zero-order chi connectivity index (χ0) is 22.1. The Balaban J connectivity index is 1.23. The van der Waals surface area contributed by atoms with Gasteiger partial charge in [-0.05, 0) is 75.5 Å². The Morgan fingerprint density at radius 1 is 1.12 bits per heavy atom. The average molecular weight is 431 g/mol. The lowest BCUT2D eigenvalue weighted by molar-refractivity contribution is 0.102. The molecule has 0 bridgehead atoms. The van der Waals surface area contributed by atoms with E-state index >= 15 is 0 Å². The Morgan fingerprint density at radius 2 is 1.97 bits per heavy atom. The maximum absolute atomic E-state index is 12.8. The van der Waals surface area contributed by atoms with Gasteiger partial charge in [0.15, 0.2) is 12.2 Å². The highest BCUT2D eigenvalue weighted by Gasteiger charge is 2.33. The molecule has 1 N–H and O–H groups in total. The standard InChI is InChI=1S/C26H30N4O2/c1-18-14-22(29-13-11-23(16-29)30-12-3-4-19(30)2)9-10-24(18)28-26(31)21-7-5-20(6-8-21)25-15-27-17-32-25/h5-10,14-15,17,19,23H,3-4,11-13,16H2,1-2H3,(H,28,31). The van der Waals surface area contributed by atoms with E-state index in [1.54, 1.807) is 18.3 Å². The van der Waals surface area contributed by atoms with Gasteiger partial charge in [0.2, 0.25) is 0 Å². The van der Waals surface area contributed by atoms with Gasteiger partial charge in [-0.3, -0.25) is 9.69 Å². The van der Waals surface area contributed by atoms with E-state index in [-0.39, 0.29) is 5.91 Å². The quantitative estimate of drug-likeness (QED) is 0.620. The normalized spacial score (nSPS) is 21.2. The molecule has 0 saturated carbocycles. The fourth-order valence-corrected chi connectivity index (χ4v) is 5.07. The highest BCUT2D eigenvalue weighted by molar-refractivity contribution is 6.05. The summed E-state index contributed by atoms with van der Waals surface area (Å²) >= 11 is 0. The van der Waals surface area contributed by atoms with Gasteiger partial charge in [-0.15, -0.1) is 0 Å². The lowest BCUT2D eigenvalue weighted by Crippen LogP contribution is -2.39. The van der Waals surface area contributed by atoms with Gasteiger partial charge < -0.3 is 14.6 Å². The molecule has 0 radical (unpaired) electrons. The Bertz CT molecular complexity index is 1080. The van der Waals surface area contributed by atoms with Crippen LogP contribution in [0, 0.1) is 6.92 Å². The first kappa shape index (κ1) is 20.8. The van der Waals surface area contributed by atoms with Gasteiger partial charge in [0.1, 0.15) is 0 Å². The second-order valence-electron chi connectivity index (χ2n) is 9.01. The summed E-state index contributed by atoms with van der Waals surface area (Å²) in [6, 6.07) is 15.1. The van der Waals surface area contributed by atoms with Crippen LogP contribution in [0.15, 0.2) is 59.5 Å². The fourth-order valence-electron chi connectivity index (χ4n) is 5.07. The van der Waals surface area contributed by atoms with Gasteiger partial charge in [0, 0.05) is 47.7 Å². The van der Waals surface area contributed by atoms with Crippen molar-refractivity contribution >= 4 is 17.3 Å². The lowest BCUT2D eigenvalue weighted by atomic mass is 10.1. The molecule has 1 amide bonds. The van der Waals surface area contributed by atoms with Crippen LogP contribution < -0.4 is 10.2 Å². The number of aromatic nitrogens is 1. The van der Waals surface area contributed by atoms with E-state index in [0.717, 1.165) is 29.9 Å². The third-order valence-electron chi connectivity index (χ3n) is 6.92. The van der Waals surface area contributed by atoms with Crippen molar-refractivity contribution in [1.29, 1.82) is 0 Å². The molecule has 2 unspecified atom stereocenters. The summed E-state index contributed by atoms with van der Waals surface area (Å²) in [5.74, 6) is 0.570. The summed E-state index contributed by atoms with van der Waals surface area (Å²) in [5, 5.41) is 3.06. The summed E-state index contributed by atoms with van der Waals surface area (Å²) in [5.41, 5.74) is 4.67. The van der Waals surface area contributed by atoms with Gasteiger partial charge in [-0.1, -0.05) is 12.1 Å². The van der Waals surface area contributed by atoms with Gasteiger partial charge in [0.25, 0.3) is 5.91 Å². The number of anilines is 2. The molecule has 2 fully saturated rings. The van der Waals surface area contributed by atoms with Crippen LogP contribution in [0.3, 0.4) is 0 Å². The minimum Gasteiger partial charge on any atom is -0.444 e. The van der Waals surface area contributed by atoms with Gasteiger partial charge >= 0.3 is 0 Å². The Kier molecular flexibility index (Phi) is 5.70. The number of benzene rings is 2. The highest BCUT2D eigenvalue weighted by Crippen LogP contribution is 2.30. The van der Waals surface area contributed by atoms with E-state index in [9.17, 15) is 4.79 Å². The molecule has 32 heavy (non-hydrogen) atoms. The van der Waals surface area contributed by atoms with Crippen molar-refractivity contribution in [3.63, 3.8) is 0 Å².